The Morgan fingerprint density at radius 1 is 1.09 bits per heavy atom. The molecule has 1 aliphatic heterocycles. The summed E-state index contributed by atoms with van der Waals surface area (Å²) in [5, 5.41) is 29.7. The number of carbonyl (C=O) groups excluding carboxylic acids is 2. The molecule has 2 heterocycles. The molecule has 0 spiro atoms. The number of ketones is 1. The Kier molecular flexibility index (Phi) is 6.41. The molecule has 0 bridgehead atoms. The molecule has 170 valence electrons. The minimum Gasteiger partial charge on any atom is -0.508 e. The molecule has 3 aromatic rings. The number of phenolic OH excluding ortho intramolecular Hbond substituents is 1. The van der Waals surface area contributed by atoms with E-state index in [0.29, 0.717) is 28.5 Å². The number of aryl methyl sites for hydroxylation is 1. The molecule has 1 aromatic heterocycles. The van der Waals surface area contributed by atoms with E-state index in [9.17, 15) is 19.8 Å². The van der Waals surface area contributed by atoms with Crippen molar-refractivity contribution in [2.24, 2.45) is 0 Å². The van der Waals surface area contributed by atoms with E-state index in [1.807, 2.05) is 0 Å². The highest BCUT2D eigenvalue weighted by molar-refractivity contribution is 7.15. The van der Waals surface area contributed by atoms with Crippen LogP contribution in [0.2, 0.25) is 0 Å². The van der Waals surface area contributed by atoms with Crippen LogP contribution in [0.15, 0.2) is 54.1 Å². The van der Waals surface area contributed by atoms with Crippen molar-refractivity contribution in [3.05, 3.63) is 70.2 Å². The fourth-order valence-corrected chi connectivity index (χ4v) is 4.30. The summed E-state index contributed by atoms with van der Waals surface area (Å²) in [6.45, 7) is 4.42. The van der Waals surface area contributed by atoms with E-state index in [2.05, 4.69) is 17.1 Å². The van der Waals surface area contributed by atoms with E-state index in [1.54, 1.807) is 43.3 Å². The molecule has 4 rings (SSSR count). The molecule has 1 fully saturated rings. The minimum atomic E-state index is -0.918. The van der Waals surface area contributed by atoms with Crippen molar-refractivity contribution in [3.63, 3.8) is 0 Å². The number of carbonyl (C=O) groups is 2. The zero-order valence-corrected chi connectivity index (χ0v) is 19.0. The SMILES string of the molecule is CCCCOc1ccc(C(O)=C2C(=O)C(=O)N(c3nnc(C)s3)C2c2ccc(O)cc2)cc1. The van der Waals surface area contributed by atoms with Gasteiger partial charge in [-0.2, -0.15) is 0 Å². The molecule has 1 atom stereocenters. The molecule has 0 saturated carbocycles. The van der Waals surface area contributed by atoms with Gasteiger partial charge in [-0.3, -0.25) is 14.5 Å². The first-order valence-corrected chi connectivity index (χ1v) is 11.4. The number of rotatable bonds is 7. The van der Waals surface area contributed by atoms with Crippen molar-refractivity contribution < 1.29 is 24.5 Å². The fourth-order valence-electron chi connectivity index (χ4n) is 3.58. The molecule has 1 unspecified atom stereocenters. The van der Waals surface area contributed by atoms with Crippen molar-refractivity contribution in [3.8, 4) is 11.5 Å². The number of hydrogen-bond acceptors (Lipinski definition) is 8. The zero-order chi connectivity index (χ0) is 23.5. The number of aliphatic hydroxyl groups excluding tert-OH is 1. The van der Waals surface area contributed by atoms with E-state index in [4.69, 9.17) is 4.74 Å². The molecule has 1 saturated heterocycles. The third-order valence-corrected chi connectivity index (χ3v) is 6.11. The summed E-state index contributed by atoms with van der Waals surface area (Å²) in [7, 11) is 0. The second kappa shape index (κ2) is 9.41. The predicted octanol–water partition coefficient (Wildman–Crippen LogP) is 4.36. The Morgan fingerprint density at radius 3 is 2.39 bits per heavy atom. The van der Waals surface area contributed by atoms with Gasteiger partial charge in [-0.1, -0.05) is 36.8 Å². The number of aromatic hydroxyl groups is 1. The summed E-state index contributed by atoms with van der Waals surface area (Å²) in [5.41, 5.74) is 0.868. The topological polar surface area (TPSA) is 113 Å². The van der Waals surface area contributed by atoms with Crippen LogP contribution in [0.3, 0.4) is 0 Å². The van der Waals surface area contributed by atoms with Gasteiger partial charge < -0.3 is 14.9 Å². The Hall–Kier alpha value is -3.72. The molecular weight excluding hydrogens is 442 g/mol. The fraction of sp³-hybridized carbons (Fsp3) is 0.250. The van der Waals surface area contributed by atoms with Crippen LogP contribution in [-0.2, 0) is 9.59 Å². The number of phenols is 1. The number of benzene rings is 2. The van der Waals surface area contributed by atoms with E-state index in [-0.39, 0.29) is 22.2 Å². The van der Waals surface area contributed by atoms with Crippen LogP contribution in [0.1, 0.15) is 41.9 Å². The van der Waals surface area contributed by atoms with Crippen molar-refractivity contribution in [1.29, 1.82) is 0 Å². The van der Waals surface area contributed by atoms with E-state index in [0.717, 1.165) is 12.8 Å². The number of Topliss-reactive ketones (excluding diaryl/α,β-unsaturated/α-hetero) is 1. The van der Waals surface area contributed by atoms with Gasteiger partial charge in [0.25, 0.3) is 5.78 Å². The highest BCUT2D eigenvalue weighted by Gasteiger charge is 2.48. The summed E-state index contributed by atoms with van der Waals surface area (Å²) in [6, 6.07) is 11.9. The lowest BCUT2D eigenvalue weighted by Crippen LogP contribution is -2.29. The van der Waals surface area contributed by atoms with Crippen LogP contribution in [0, 0.1) is 6.92 Å². The lowest BCUT2D eigenvalue weighted by atomic mass is 9.95. The third kappa shape index (κ3) is 4.45. The molecule has 0 radical (unpaired) electrons. The molecule has 1 aliphatic rings. The lowest BCUT2D eigenvalue weighted by Gasteiger charge is -2.22. The summed E-state index contributed by atoms with van der Waals surface area (Å²) in [4.78, 5) is 27.3. The Morgan fingerprint density at radius 2 is 1.79 bits per heavy atom. The molecule has 8 nitrogen and oxygen atoms in total. The monoisotopic (exact) mass is 465 g/mol. The average Bonchev–Trinajstić information content (AvgIpc) is 3.35. The first-order valence-electron chi connectivity index (χ1n) is 10.5. The minimum absolute atomic E-state index is 0.0427. The van der Waals surface area contributed by atoms with Gasteiger partial charge >= 0.3 is 5.91 Å². The van der Waals surface area contributed by atoms with Crippen molar-refractivity contribution in [1.82, 2.24) is 10.2 Å². The summed E-state index contributed by atoms with van der Waals surface area (Å²) in [6.07, 6.45) is 1.95. The van der Waals surface area contributed by atoms with Crippen molar-refractivity contribution in [2.45, 2.75) is 32.7 Å². The number of hydrogen-bond donors (Lipinski definition) is 2. The van der Waals surface area contributed by atoms with Gasteiger partial charge in [0.15, 0.2) is 0 Å². The number of amides is 1. The molecule has 0 aliphatic carbocycles. The smallest absolute Gasteiger partial charge is 0.301 e. The number of aliphatic hydroxyl groups is 1. The highest BCUT2D eigenvalue weighted by Crippen LogP contribution is 2.43. The highest BCUT2D eigenvalue weighted by atomic mass is 32.1. The maximum absolute atomic E-state index is 13.1. The number of nitrogens with zero attached hydrogens (tertiary/aromatic N) is 3. The maximum atomic E-state index is 13.1. The van der Waals surface area contributed by atoms with Gasteiger partial charge in [0.05, 0.1) is 18.2 Å². The number of unbranched alkanes of at least 4 members (excludes halogenated alkanes) is 1. The largest absolute Gasteiger partial charge is 0.508 e. The van der Waals surface area contributed by atoms with E-state index < -0.39 is 17.7 Å². The molecular formula is C24H23N3O5S. The van der Waals surface area contributed by atoms with E-state index in [1.165, 1.54) is 28.4 Å². The Balaban J connectivity index is 1.78. The van der Waals surface area contributed by atoms with Crippen LogP contribution in [-0.4, -0.2) is 38.7 Å². The number of ether oxygens (including phenoxy) is 1. The molecule has 2 N–H and O–H groups in total. The first-order chi connectivity index (χ1) is 15.9. The standard InChI is InChI=1S/C24H23N3O5S/c1-3-4-13-32-18-11-7-16(8-12-18)21(29)19-20(15-5-9-17(28)10-6-15)27(23(31)22(19)30)24-26-25-14(2)33-24/h5-12,20,28-29H,3-4,13H2,1-2H3. The van der Waals surface area contributed by atoms with E-state index >= 15 is 0 Å². The normalized spacial score (nSPS) is 17.5. The molecule has 9 heteroatoms. The van der Waals surface area contributed by atoms with Crippen LogP contribution in [0.5, 0.6) is 11.5 Å². The molecule has 33 heavy (non-hydrogen) atoms. The van der Waals surface area contributed by atoms with Gasteiger partial charge in [0.2, 0.25) is 5.13 Å². The molecule has 1 amide bonds. The predicted molar refractivity (Wildman–Crippen MR) is 124 cm³/mol. The summed E-state index contributed by atoms with van der Waals surface area (Å²) < 4.78 is 5.66. The van der Waals surface area contributed by atoms with Gasteiger partial charge in [-0.25, -0.2) is 0 Å². The van der Waals surface area contributed by atoms with Gasteiger partial charge in [0.1, 0.15) is 22.3 Å². The lowest BCUT2D eigenvalue weighted by molar-refractivity contribution is -0.132. The summed E-state index contributed by atoms with van der Waals surface area (Å²) in [5.74, 6) is -1.22. The number of aromatic nitrogens is 2. The van der Waals surface area contributed by atoms with Gasteiger partial charge in [-0.15, -0.1) is 10.2 Å². The first kappa shape index (κ1) is 22.5. The van der Waals surface area contributed by atoms with Crippen molar-refractivity contribution in [2.75, 3.05) is 11.5 Å². The number of anilines is 1. The maximum Gasteiger partial charge on any atom is 0.301 e. The average molecular weight is 466 g/mol. The van der Waals surface area contributed by atoms with Crippen LogP contribution >= 0.6 is 11.3 Å². The quantitative estimate of drug-likeness (QED) is 0.231. The van der Waals surface area contributed by atoms with Crippen molar-refractivity contribution >= 4 is 33.9 Å². The van der Waals surface area contributed by atoms with Crippen LogP contribution in [0.25, 0.3) is 5.76 Å². The van der Waals surface area contributed by atoms with Gasteiger partial charge in [0, 0.05) is 5.56 Å². The Bertz CT molecular complexity index is 1200. The van der Waals surface area contributed by atoms with Crippen LogP contribution in [0.4, 0.5) is 5.13 Å². The zero-order valence-electron chi connectivity index (χ0n) is 18.2. The second-order valence-corrected chi connectivity index (χ2v) is 8.75. The molecule has 2 aromatic carbocycles. The van der Waals surface area contributed by atoms with Gasteiger partial charge in [-0.05, 0) is 55.3 Å². The Labute approximate surface area is 194 Å². The van der Waals surface area contributed by atoms with Crippen LogP contribution < -0.4 is 9.64 Å². The second-order valence-electron chi connectivity index (χ2n) is 7.59. The summed E-state index contributed by atoms with van der Waals surface area (Å²) >= 11 is 1.17. The third-order valence-electron chi connectivity index (χ3n) is 5.27.